The molecule has 2 heterocycles. The van der Waals surface area contributed by atoms with Crippen LogP contribution in [0.5, 0.6) is 0 Å². The van der Waals surface area contributed by atoms with E-state index in [2.05, 4.69) is 22.4 Å². The predicted molar refractivity (Wildman–Crippen MR) is 121 cm³/mol. The summed E-state index contributed by atoms with van der Waals surface area (Å²) in [4.78, 5) is 32.2. The molecule has 0 spiro atoms. The lowest BCUT2D eigenvalue weighted by molar-refractivity contribution is -0.125. The topological polar surface area (TPSA) is 62.3 Å². The van der Waals surface area contributed by atoms with E-state index < -0.39 is 0 Å². The summed E-state index contributed by atoms with van der Waals surface area (Å²) in [6.07, 6.45) is 1.71. The number of carbonyl (C=O) groups excluding carboxylic acids is 2. The monoisotopic (exact) mass is 433 g/mol. The van der Waals surface area contributed by atoms with Crippen molar-refractivity contribution in [1.29, 1.82) is 0 Å². The fourth-order valence-electron chi connectivity index (χ4n) is 3.97. The fourth-order valence-corrected chi connectivity index (χ4v) is 4.10. The third-order valence-corrected chi connectivity index (χ3v) is 5.96. The molecule has 0 aliphatic carbocycles. The molecule has 1 fully saturated rings. The van der Waals surface area contributed by atoms with Crippen LogP contribution in [0.1, 0.15) is 33.1 Å². The highest BCUT2D eigenvalue weighted by atomic mass is 35.5. The SMILES string of the molecule is Cc1ccc(C2CN(C(=O)c3ccc(Cl)cc3)CC2C(=O)NCc2ccccn2)cc1. The number of aryl methyl sites for hydroxylation is 1. The quantitative estimate of drug-likeness (QED) is 0.655. The molecule has 0 radical (unpaired) electrons. The van der Waals surface area contributed by atoms with Gasteiger partial charge in [0.15, 0.2) is 0 Å². The number of likely N-dealkylation sites (tertiary alicyclic amines) is 1. The average Bonchev–Trinajstić information content (AvgIpc) is 3.24. The number of pyridine rings is 1. The van der Waals surface area contributed by atoms with E-state index in [9.17, 15) is 9.59 Å². The fraction of sp³-hybridized carbons (Fsp3) is 0.240. The molecular formula is C25H24ClN3O2. The lowest BCUT2D eigenvalue weighted by Crippen LogP contribution is -2.35. The molecule has 4 rings (SSSR count). The minimum Gasteiger partial charge on any atom is -0.350 e. The van der Waals surface area contributed by atoms with Gasteiger partial charge in [0.05, 0.1) is 18.2 Å². The molecule has 6 heteroatoms. The largest absolute Gasteiger partial charge is 0.350 e. The first kappa shape index (κ1) is 21.1. The first-order valence-electron chi connectivity index (χ1n) is 10.3. The number of hydrogen-bond donors (Lipinski definition) is 1. The van der Waals surface area contributed by atoms with Crippen molar-refractivity contribution in [2.24, 2.45) is 5.92 Å². The van der Waals surface area contributed by atoms with Gasteiger partial charge in [-0.3, -0.25) is 14.6 Å². The standard InChI is InChI=1S/C25H24ClN3O2/c1-17-5-7-18(8-6-17)22-15-29(25(31)19-9-11-20(26)12-10-19)16-23(22)24(30)28-14-21-4-2-3-13-27-21/h2-13,22-23H,14-16H2,1H3,(H,28,30). The van der Waals surface area contributed by atoms with Gasteiger partial charge in [-0.2, -0.15) is 0 Å². The van der Waals surface area contributed by atoms with Crippen molar-refractivity contribution in [1.82, 2.24) is 15.2 Å². The molecule has 0 saturated carbocycles. The third kappa shape index (κ3) is 4.94. The molecular weight excluding hydrogens is 410 g/mol. The molecule has 1 aliphatic heterocycles. The van der Waals surface area contributed by atoms with Gasteiger partial charge in [0, 0.05) is 35.8 Å². The van der Waals surface area contributed by atoms with Crippen LogP contribution in [0, 0.1) is 12.8 Å². The summed E-state index contributed by atoms with van der Waals surface area (Å²) in [5.74, 6) is -0.556. The predicted octanol–water partition coefficient (Wildman–Crippen LogP) is 4.22. The lowest BCUT2D eigenvalue weighted by Gasteiger charge is -2.18. The molecule has 2 aromatic carbocycles. The van der Waals surface area contributed by atoms with Gasteiger partial charge in [0.2, 0.25) is 5.91 Å². The van der Waals surface area contributed by atoms with Crippen LogP contribution in [-0.2, 0) is 11.3 Å². The summed E-state index contributed by atoms with van der Waals surface area (Å²) in [5, 5.41) is 3.59. The lowest BCUT2D eigenvalue weighted by atomic mass is 9.88. The summed E-state index contributed by atoms with van der Waals surface area (Å²) in [6, 6.07) is 20.7. The van der Waals surface area contributed by atoms with Gasteiger partial charge >= 0.3 is 0 Å². The van der Waals surface area contributed by atoms with Gasteiger partial charge in [-0.15, -0.1) is 0 Å². The number of amides is 2. The first-order valence-corrected chi connectivity index (χ1v) is 10.7. The third-order valence-electron chi connectivity index (χ3n) is 5.71. The van der Waals surface area contributed by atoms with E-state index >= 15 is 0 Å². The highest BCUT2D eigenvalue weighted by Gasteiger charge is 2.40. The van der Waals surface area contributed by atoms with Crippen LogP contribution in [-0.4, -0.2) is 34.8 Å². The molecule has 1 N–H and O–H groups in total. The number of hydrogen-bond acceptors (Lipinski definition) is 3. The van der Waals surface area contributed by atoms with Gasteiger partial charge in [-0.1, -0.05) is 47.5 Å². The highest BCUT2D eigenvalue weighted by molar-refractivity contribution is 6.30. The van der Waals surface area contributed by atoms with E-state index in [1.807, 2.05) is 37.3 Å². The second-order valence-electron chi connectivity index (χ2n) is 7.88. The van der Waals surface area contributed by atoms with Gasteiger partial charge in [-0.05, 0) is 48.9 Å². The molecule has 2 unspecified atom stereocenters. The number of rotatable bonds is 5. The van der Waals surface area contributed by atoms with Crippen LogP contribution in [0.3, 0.4) is 0 Å². The number of benzene rings is 2. The van der Waals surface area contributed by atoms with Crippen LogP contribution in [0.4, 0.5) is 0 Å². The summed E-state index contributed by atoms with van der Waals surface area (Å²) in [7, 11) is 0. The van der Waals surface area contributed by atoms with Crippen molar-refractivity contribution >= 4 is 23.4 Å². The molecule has 1 aliphatic rings. The molecule has 5 nitrogen and oxygen atoms in total. The average molecular weight is 434 g/mol. The Morgan fingerprint density at radius 3 is 2.45 bits per heavy atom. The number of nitrogens with zero attached hydrogens (tertiary/aromatic N) is 2. The van der Waals surface area contributed by atoms with Gasteiger partial charge in [0.1, 0.15) is 0 Å². The highest BCUT2D eigenvalue weighted by Crippen LogP contribution is 2.34. The maximum Gasteiger partial charge on any atom is 0.253 e. The molecule has 1 aromatic heterocycles. The maximum absolute atomic E-state index is 13.1. The van der Waals surface area contributed by atoms with E-state index in [0.717, 1.165) is 16.8 Å². The Balaban J connectivity index is 1.54. The summed E-state index contributed by atoms with van der Waals surface area (Å²) in [5.41, 5.74) is 3.60. The van der Waals surface area contributed by atoms with E-state index in [4.69, 9.17) is 11.6 Å². The second kappa shape index (κ2) is 9.31. The number of aromatic nitrogens is 1. The molecule has 1 saturated heterocycles. The normalized spacial score (nSPS) is 18.1. The molecule has 158 valence electrons. The first-order chi connectivity index (χ1) is 15.0. The van der Waals surface area contributed by atoms with E-state index in [-0.39, 0.29) is 23.7 Å². The van der Waals surface area contributed by atoms with Gasteiger partial charge in [0.25, 0.3) is 5.91 Å². The maximum atomic E-state index is 13.1. The molecule has 3 aromatic rings. The minimum atomic E-state index is -0.331. The van der Waals surface area contributed by atoms with Crippen LogP contribution < -0.4 is 5.32 Å². The minimum absolute atomic E-state index is 0.0670. The zero-order chi connectivity index (χ0) is 21.8. The molecule has 0 bridgehead atoms. The molecule has 31 heavy (non-hydrogen) atoms. The zero-order valence-electron chi connectivity index (χ0n) is 17.3. The van der Waals surface area contributed by atoms with E-state index in [1.165, 1.54) is 0 Å². The van der Waals surface area contributed by atoms with Crippen LogP contribution in [0.25, 0.3) is 0 Å². The van der Waals surface area contributed by atoms with Crippen molar-refractivity contribution < 1.29 is 9.59 Å². The number of halogens is 1. The Kier molecular flexibility index (Phi) is 6.33. The Bertz CT molecular complexity index is 1050. The van der Waals surface area contributed by atoms with Crippen LogP contribution >= 0.6 is 11.6 Å². The van der Waals surface area contributed by atoms with Gasteiger partial charge < -0.3 is 10.2 Å². The Hall–Kier alpha value is -3.18. The molecule has 2 atom stereocenters. The van der Waals surface area contributed by atoms with Crippen molar-refractivity contribution in [3.05, 3.63) is 100 Å². The van der Waals surface area contributed by atoms with Crippen molar-refractivity contribution in [2.75, 3.05) is 13.1 Å². The zero-order valence-corrected chi connectivity index (χ0v) is 18.0. The van der Waals surface area contributed by atoms with E-state index in [0.29, 0.717) is 30.2 Å². The summed E-state index contributed by atoms with van der Waals surface area (Å²) >= 11 is 5.96. The summed E-state index contributed by atoms with van der Waals surface area (Å²) < 4.78 is 0. The smallest absolute Gasteiger partial charge is 0.253 e. The van der Waals surface area contributed by atoms with Crippen molar-refractivity contribution in [2.45, 2.75) is 19.4 Å². The number of carbonyl (C=O) groups is 2. The van der Waals surface area contributed by atoms with Crippen LogP contribution in [0.15, 0.2) is 72.9 Å². The van der Waals surface area contributed by atoms with Crippen molar-refractivity contribution in [3.63, 3.8) is 0 Å². The van der Waals surface area contributed by atoms with Crippen LogP contribution in [0.2, 0.25) is 5.02 Å². The Labute approximate surface area is 187 Å². The molecule has 2 amide bonds. The van der Waals surface area contributed by atoms with E-state index in [1.54, 1.807) is 35.4 Å². The number of nitrogens with one attached hydrogen (secondary N) is 1. The Morgan fingerprint density at radius 2 is 1.77 bits per heavy atom. The van der Waals surface area contributed by atoms with Crippen molar-refractivity contribution in [3.8, 4) is 0 Å². The van der Waals surface area contributed by atoms with Gasteiger partial charge in [-0.25, -0.2) is 0 Å². The Morgan fingerprint density at radius 1 is 1.03 bits per heavy atom. The second-order valence-corrected chi connectivity index (χ2v) is 8.32. The summed E-state index contributed by atoms with van der Waals surface area (Å²) in [6.45, 7) is 3.26.